The molecule has 0 radical (unpaired) electrons. The summed E-state index contributed by atoms with van der Waals surface area (Å²) in [5.74, 6) is -3.00. The maximum Gasteiger partial charge on any atom is 0.420 e. The Balaban J connectivity index is 1.64. The molecule has 4 rings (SSSR count). The zero-order valence-corrected chi connectivity index (χ0v) is 17.8. The summed E-state index contributed by atoms with van der Waals surface area (Å²) < 4.78 is 90.7. The first-order valence-electron chi connectivity index (χ1n) is 10.6. The molecule has 2 aliphatic heterocycles. The molecule has 184 valence electrons. The summed E-state index contributed by atoms with van der Waals surface area (Å²) in [4.78, 5) is 13.1. The SMILES string of the molecule is CCOc1ccc(NC(=O)[C@@H]2[C@@H](c3cccc(C(F)(F)F)c3)[C@H]3O[C@@H]2C[C@@H]3O)cc1C(F)(F)F. The fourth-order valence-electron chi connectivity index (χ4n) is 4.70. The molecule has 2 N–H and O–H groups in total. The van der Waals surface area contributed by atoms with Crippen molar-refractivity contribution in [1.82, 2.24) is 0 Å². The third-order valence-corrected chi connectivity index (χ3v) is 6.08. The Labute approximate surface area is 190 Å². The van der Waals surface area contributed by atoms with Gasteiger partial charge >= 0.3 is 12.4 Å². The highest BCUT2D eigenvalue weighted by Crippen LogP contribution is 2.50. The van der Waals surface area contributed by atoms with Crippen LogP contribution in [0.5, 0.6) is 5.75 Å². The Kier molecular flexibility index (Phi) is 6.28. The minimum Gasteiger partial charge on any atom is -0.493 e. The number of amides is 1. The molecule has 2 aromatic carbocycles. The summed E-state index contributed by atoms with van der Waals surface area (Å²) in [6, 6.07) is 7.49. The van der Waals surface area contributed by atoms with Gasteiger partial charge in [0, 0.05) is 18.0 Å². The summed E-state index contributed by atoms with van der Waals surface area (Å²) in [5.41, 5.74) is -1.97. The van der Waals surface area contributed by atoms with Crippen molar-refractivity contribution in [3.8, 4) is 5.75 Å². The molecule has 5 atom stereocenters. The van der Waals surface area contributed by atoms with E-state index in [9.17, 15) is 36.2 Å². The second kappa shape index (κ2) is 8.77. The average Bonchev–Trinajstić information content (AvgIpc) is 3.31. The molecule has 0 aliphatic carbocycles. The number of alkyl halides is 6. The molecule has 1 amide bonds. The number of anilines is 1. The van der Waals surface area contributed by atoms with E-state index in [0.717, 1.165) is 24.3 Å². The number of carbonyl (C=O) groups is 1. The van der Waals surface area contributed by atoms with Crippen molar-refractivity contribution in [2.45, 2.75) is 49.9 Å². The van der Waals surface area contributed by atoms with Crippen molar-refractivity contribution in [3.63, 3.8) is 0 Å². The fraction of sp³-hybridized carbons (Fsp3) is 0.435. The van der Waals surface area contributed by atoms with Gasteiger partial charge in [-0.15, -0.1) is 0 Å². The van der Waals surface area contributed by atoms with Gasteiger partial charge in [0.25, 0.3) is 0 Å². The highest BCUT2D eigenvalue weighted by Gasteiger charge is 2.57. The summed E-state index contributed by atoms with van der Waals surface area (Å²) in [5, 5.41) is 12.7. The maximum absolute atomic E-state index is 13.4. The zero-order chi connectivity index (χ0) is 24.8. The quantitative estimate of drug-likeness (QED) is 0.581. The normalized spacial score (nSPS) is 26.5. The van der Waals surface area contributed by atoms with E-state index >= 15 is 0 Å². The highest BCUT2D eigenvalue weighted by atomic mass is 19.4. The van der Waals surface area contributed by atoms with Gasteiger partial charge in [0.2, 0.25) is 5.91 Å². The number of benzene rings is 2. The van der Waals surface area contributed by atoms with E-state index < -0.39 is 59.5 Å². The van der Waals surface area contributed by atoms with Gasteiger partial charge in [-0.1, -0.05) is 18.2 Å². The van der Waals surface area contributed by atoms with E-state index in [0.29, 0.717) is 0 Å². The predicted molar refractivity (Wildman–Crippen MR) is 108 cm³/mol. The lowest BCUT2D eigenvalue weighted by Crippen LogP contribution is -2.41. The first-order chi connectivity index (χ1) is 15.9. The number of hydrogen-bond acceptors (Lipinski definition) is 4. The van der Waals surface area contributed by atoms with E-state index in [1.54, 1.807) is 0 Å². The molecule has 2 fully saturated rings. The van der Waals surface area contributed by atoms with Crippen LogP contribution in [0.2, 0.25) is 0 Å². The Bertz CT molecular complexity index is 1070. The predicted octanol–water partition coefficient (Wildman–Crippen LogP) is 4.99. The topological polar surface area (TPSA) is 67.8 Å². The van der Waals surface area contributed by atoms with Gasteiger partial charge in [0.1, 0.15) is 5.75 Å². The molecule has 5 nitrogen and oxygen atoms in total. The van der Waals surface area contributed by atoms with Crippen LogP contribution in [0, 0.1) is 5.92 Å². The third kappa shape index (κ3) is 4.58. The monoisotopic (exact) mass is 489 g/mol. The molecule has 2 aromatic rings. The van der Waals surface area contributed by atoms with Gasteiger partial charge in [0.15, 0.2) is 0 Å². The van der Waals surface area contributed by atoms with Crippen LogP contribution in [-0.2, 0) is 21.9 Å². The van der Waals surface area contributed by atoms with E-state index in [1.165, 1.54) is 25.1 Å². The molecule has 2 saturated heterocycles. The molecule has 0 aromatic heterocycles. The van der Waals surface area contributed by atoms with Crippen LogP contribution in [0.15, 0.2) is 42.5 Å². The standard InChI is InChI=1S/C23H21F6NO4/c1-2-33-16-7-6-13(9-14(16)23(27,28)29)30-21(32)19-17-10-15(31)20(34-17)18(19)11-4-3-5-12(8-11)22(24,25)26/h3-9,15,17-20,31H,2,10H2,1H3,(H,30,32)/t15-,17+,18+,19-,20-/m0/s1. The number of rotatable bonds is 5. The number of hydrogen-bond donors (Lipinski definition) is 2. The minimum atomic E-state index is -4.73. The van der Waals surface area contributed by atoms with Crippen LogP contribution in [-0.4, -0.2) is 35.9 Å². The smallest absolute Gasteiger partial charge is 0.420 e. The summed E-state index contributed by atoms with van der Waals surface area (Å²) in [6.07, 6.45) is -11.9. The zero-order valence-electron chi connectivity index (χ0n) is 17.8. The van der Waals surface area contributed by atoms with Crippen LogP contribution in [0.4, 0.5) is 32.0 Å². The van der Waals surface area contributed by atoms with Gasteiger partial charge in [-0.05, 0) is 36.8 Å². The summed E-state index contributed by atoms with van der Waals surface area (Å²) in [6.45, 7) is 1.55. The average molecular weight is 489 g/mol. The maximum atomic E-state index is 13.4. The number of halogens is 6. The third-order valence-electron chi connectivity index (χ3n) is 6.08. The van der Waals surface area contributed by atoms with E-state index in [1.807, 2.05) is 0 Å². The molecule has 11 heteroatoms. The lowest BCUT2D eigenvalue weighted by atomic mass is 9.73. The first-order valence-corrected chi connectivity index (χ1v) is 10.6. The molecule has 0 unspecified atom stereocenters. The fourth-order valence-corrected chi connectivity index (χ4v) is 4.70. The van der Waals surface area contributed by atoms with Gasteiger partial charge < -0.3 is 19.9 Å². The van der Waals surface area contributed by atoms with E-state index in [2.05, 4.69) is 5.32 Å². The molecule has 2 bridgehead atoms. The van der Waals surface area contributed by atoms with Crippen molar-refractivity contribution < 1.29 is 45.7 Å². The largest absolute Gasteiger partial charge is 0.493 e. The number of carbonyl (C=O) groups excluding carboxylic acids is 1. The van der Waals surface area contributed by atoms with E-state index in [4.69, 9.17) is 9.47 Å². The molecular weight excluding hydrogens is 468 g/mol. The first kappa shape index (κ1) is 24.3. The second-order valence-electron chi connectivity index (χ2n) is 8.25. The Morgan fingerprint density at radius 1 is 1.12 bits per heavy atom. The number of nitrogens with one attached hydrogen (secondary N) is 1. The van der Waals surface area contributed by atoms with Crippen LogP contribution in [0.25, 0.3) is 0 Å². The van der Waals surface area contributed by atoms with Gasteiger partial charge in [-0.3, -0.25) is 4.79 Å². The van der Waals surface area contributed by atoms with Crippen LogP contribution >= 0.6 is 0 Å². The molecule has 0 saturated carbocycles. The lowest BCUT2D eigenvalue weighted by molar-refractivity contribution is -0.139. The van der Waals surface area contributed by atoms with Gasteiger partial charge in [-0.2, -0.15) is 26.3 Å². The molecular formula is C23H21F6NO4. The Hall–Kier alpha value is -2.79. The molecule has 34 heavy (non-hydrogen) atoms. The summed E-state index contributed by atoms with van der Waals surface area (Å²) in [7, 11) is 0. The number of aliphatic hydroxyl groups excluding tert-OH is 1. The molecule has 2 heterocycles. The highest BCUT2D eigenvalue weighted by molar-refractivity contribution is 5.94. The van der Waals surface area contributed by atoms with Crippen molar-refractivity contribution in [3.05, 3.63) is 59.2 Å². The van der Waals surface area contributed by atoms with Crippen molar-refractivity contribution in [2.75, 3.05) is 11.9 Å². The van der Waals surface area contributed by atoms with Crippen molar-refractivity contribution in [2.24, 2.45) is 5.92 Å². The molecule has 0 spiro atoms. The van der Waals surface area contributed by atoms with E-state index in [-0.39, 0.29) is 30.0 Å². The molecule has 2 aliphatic rings. The number of ether oxygens (including phenoxy) is 2. The van der Waals surface area contributed by atoms with Crippen LogP contribution < -0.4 is 10.1 Å². The number of fused-ring (bicyclic) bond motifs is 2. The Morgan fingerprint density at radius 3 is 2.50 bits per heavy atom. The van der Waals surface area contributed by atoms with Crippen LogP contribution in [0.3, 0.4) is 0 Å². The van der Waals surface area contributed by atoms with Crippen molar-refractivity contribution in [1.29, 1.82) is 0 Å². The summed E-state index contributed by atoms with van der Waals surface area (Å²) >= 11 is 0. The minimum absolute atomic E-state index is 0.0122. The Morgan fingerprint density at radius 2 is 1.85 bits per heavy atom. The lowest BCUT2D eigenvalue weighted by Gasteiger charge is -2.30. The van der Waals surface area contributed by atoms with Gasteiger partial charge in [-0.25, -0.2) is 0 Å². The van der Waals surface area contributed by atoms with Gasteiger partial charge in [0.05, 0.1) is 42.0 Å². The van der Waals surface area contributed by atoms with Crippen LogP contribution in [0.1, 0.15) is 36.0 Å². The van der Waals surface area contributed by atoms with Crippen molar-refractivity contribution >= 4 is 11.6 Å². The second-order valence-corrected chi connectivity index (χ2v) is 8.25. The number of aliphatic hydroxyl groups is 1.